The van der Waals surface area contributed by atoms with Gasteiger partial charge in [0.15, 0.2) is 0 Å². The van der Waals surface area contributed by atoms with E-state index in [4.69, 9.17) is 4.74 Å². The smallest absolute Gasteiger partial charge is 0.328 e. The Morgan fingerprint density at radius 1 is 0.893 bits per heavy atom. The molecule has 148 valence electrons. The highest BCUT2D eigenvalue weighted by atomic mass is 79.9. The summed E-state index contributed by atoms with van der Waals surface area (Å²) in [4.78, 5) is 36.6. The van der Waals surface area contributed by atoms with Crippen LogP contribution in [0.4, 0.5) is 0 Å². The molecule has 0 spiro atoms. The van der Waals surface area contributed by atoms with Crippen molar-refractivity contribution in [3.05, 3.63) is 70.2 Å². The summed E-state index contributed by atoms with van der Waals surface area (Å²) in [6, 6.07) is 15.2. The van der Waals surface area contributed by atoms with Crippen LogP contribution in [0.2, 0.25) is 0 Å². The number of esters is 1. The molecule has 0 unspecified atom stereocenters. The second-order valence-corrected chi connectivity index (χ2v) is 7.27. The van der Waals surface area contributed by atoms with Crippen LogP contribution in [0, 0.1) is 0 Å². The number of hydrogen-bond acceptors (Lipinski definition) is 4. The average Bonchev–Trinajstić information content (AvgIpc) is 2.68. The van der Waals surface area contributed by atoms with Crippen LogP contribution in [-0.2, 0) is 32.0 Å². The highest BCUT2D eigenvalue weighted by molar-refractivity contribution is 9.10. The fourth-order valence-electron chi connectivity index (χ4n) is 2.77. The highest BCUT2D eigenvalue weighted by Crippen LogP contribution is 2.13. The zero-order valence-electron chi connectivity index (χ0n) is 15.8. The first kappa shape index (κ1) is 21.6. The topological polar surface area (TPSA) is 84.5 Å². The largest absolute Gasteiger partial charge is 0.467 e. The van der Waals surface area contributed by atoms with Crippen LogP contribution in [0.25, 0.3) is 0 Å². The van der Waals surface area contributed by atoms with E-state index in [1.165, 1.54) is 14.0 Å². The number of ether oxygens (including phenoxy) is 1. The molecule has 2 amide bonds. The van der Waals surface area contributed by atoms with Gasteiger partial charge in [-0.15, -0.1) is 0 Å². The van der Waals surface area contributed by atoms with Crippen molar-refractivity contribution in [1.82, 2.24) is 10.6 Å². The van der Waals surface area contributed by atoms with Crippen LogP contribution in [0.5, 0.6) is 0 Å². The quantitative estimate of drug-likeness (QED) is 0.609. The summed E-state index contributed by atoms with van der Waals surface area (Å²) in [6.07, 6.45) is 0.599. The van der Waals surface area contributed by atoms with Crippen molar-refractivity contribution in [2.75, 3.05) is 7.11 Å². The highest BCUT2D eigenvalue weighted by Gasteiger charge is 2.27. The number of carbonyl (C=O) groups excluding carboxylic acids is 3. The van der Waals surface area contributed by atoms with Gasteiger partial charge in [-0.05, 0) is 23.3 Å². The number of hydrogen-bond donors (Lipinski definition) is 2. The molecule has 2 aromatic rings. The van der Waals surface area contributed by atoms with Gasteiger partial charge in [0.2, 0.25) is 11.8 Å². The number of benzene rings is 2. The molecule has 0 aliphatic heterocycles. The Morgan fingerprint density at radius 2 is 1.46 bits per heavy atom. The van der Waals surface area contributed by atoms with Crippen LogP contribution < -0.4 is 10.6 Å². The lowest BCUT2D eigenvalue weighted by Crippen LogP contribution is -2.53. The van der Waals surface area contributed by atoms with Crippen LogP contribution in [0.15, 0.2) is 59.1 Å². The van der Waals surface area contributed by atoms with Crippen molar-refractivity contribution in [1.29, 1.82) is 0 Å². The molecule has 2 rings (SSSR count). The zero-order chi connectivity index (χ0) is 20.5. The molecule has 0 aliphatic carbocycles. The molecular weight excluding hydrogens is 424 g/mol. The molecule has 0 aliphatic rings. The van der Waals surface area contributed by atoms with E-state index >= 15 is 0 Å². The maximum Gasteiger partial charge on any atom is 0.328 e. The van der Waals surface area contributed by atoms with Gasteiger partial charge in [0.1, 0.15) is 12.1 Å². The summed E-state index contributed by atoms with van der Waals surface area (Å²) in [6.45, 7) is 1.35. The minimum atomic E-state index is -0.856. The van der Waals surface area contributed by atoms with E-state index in [2.05, 4.69) is 26.6 Å². The van der Waals surface area contributed by atoms with Crippen molar-refractivity contribution >= 4 is 33.7 Å². The monoisotopic (exact) mass is 446 g/mol. The molecular formula is C21H23BrN2O4. The van der Waals surface area contributed by atoms with E-state index in [1.54, 1.807) is 0 Å². The van der Waals surface area contributed by atoms with Gasteiger partial charge in [0.25, 0.3) is 0 Å². The first-order valence-electron chi connectivity index (χ1n) is 8.82. The summed E-state index contributed by atoms with van der Waals surface area (Å²) in [5, 5.41) is 5.37. The molecule has 2 N–H and O–H groups in total. The van der Waals surface area contributed by atoms with Crippen molar-refractivity contribution in [3.8, 4) is 0 Å². The SMILES string of the molecule is COC(=O)[C@H](Cc1ccc(Br)cc1)NC(=O)[C@@H](Cc1ccccc1)NC(C)=O. The minimum absolute atomic E-state index is 0.282. The van der Waals surface area contributed by atoms with E-state index in [0.29, 0.717) is 6.42 Å². The van der Waals surface area contributed by atoms with E-state index in [0.717, 1.165) is 15.6 Å². The third-order valence-electron chi connectivity index (χ3n) is 4.13. The number of nitrogens with one attached hydrogen (secondary N) is 2. The van der Waals surface area contributed by atoms with Gasteiger partial charge in [-0.1, -0.05) is 58.4 Å². The third-order valence-corrected chi connectivity index (χ3v) is 4.66. The maximum atomic E-state index is 12.8. The van der Waals surface area contributed by atoms with Gasteiger partial charge in [-0.3, -0.25) is 9.59 Å². The summed E-state index contributed by atoms with van der Waals surface area (Å²) >= 11 is 3.37. The van der Waals surface area contributed by atoms with E-state index < -0.39 is 24.0 Å². The Kier molecular flexibility index (Phi) is 8.19. The molecule has 0 bridgehead atoms. The van der Waals surface area contributed by atoms with E-state index in [1.807, 2.05) is 54.6 Å². The molecule has 6 nitrogen and oxygen atoms in total. The fourth-order valence-corrected chi connectivity index (χ4v) is 3.03. The lowest BCUT2D eigenvalue weighted by Gasteiger charge is -2.22. The van der Waals surface area contributed by atoms with Crippen molar-refractivity contribution in [2.24, 2.45) is 0 Å². The molecule has 7 heteroatoms. The Hall–Kier alpha value is -2.67. The lowest BCUT2D eigenvalue weighted by molar-refractivity contribution is -0.145. The number of amides is 2. The number of rotatable bonds is 8. The van der Waals surface area contributed by atoms with Crippen LogP contribution in [-0.4, -0.2) is 37.0 Å². The molecule has 0 aromatic heterocycles. The first-order valence-corrected chi connectivity index (χ1v) is 9.62. The van der Waals surface area contributed by atoms with Gasteiger partial charge in [0, 0.05) is 24.2 Å². The van der Waals surface area contributed by atoms with Crippen molar-refractivity contribution in [2.45, 2.75) is 31.8 Å². The van der Waals surface area contributed by atoms with Gasteiger partial charge >= 0.3 is 5.97 Å². The summed E-state index contributed by atoms with van der Waals surface area (Å²) in [5.74, 6) is -1.30. The predicted molar refractivity (Wildman–Crippen MR) is 110 cm³/mol. The standard InChI is InChI=1S/C21H23BrN2O4/c1-14(25)23-18(12-15-6-4-3-5-7-15)20(26)24-19(21(27)28-2)13-16-8-10-17(22)11-9-16/h3-11,18-19H,12-13H2,1-2H3,(H,23,25)(H,24,26)/t18-,19+/m1/s1. The van der Waals surface area contributed by atoms with Gasteiger partial charge in [0.05, 0.1) is 7.11 Å². The normalized spacial score (nSPS) is 12.5. The Balaban J connectivity index is 2.14. The lowest BCUT2D eigenvalue weighted by atomic mass is 10.0. The number of methoxy groups -OCH3 is 1. The maximum absolute atomic E-state index is 12.8. The fraction of sp³-hybridized carbons (Fsp3) is 0.286. The molecule has 0 saturated carbocycles. The number of carbonyl (C=O) groups is 3. The van der Waals surface area contributed by atoms with Crippen LogP contribution >= 0.6 is 15.9 Å². The van der Waals surface area contributed by atoms with E-state index in [-0.39, 0.29) is 12.3 Å². The molecule has 0 radical (unpaired) electrons. The molecule has 2 aromatic carbocycles. The molecule has 28 heavy (non-hydrogen) atoms. The third kappa shape index (κ3) is 6.81. The van der Waals surface area contributed by atoms with Gasteiger partial charge in [-0.25, -0.2) is 4.79 Å². The second kappa shape index (κ2) is 10.6. The van der Waals surface area contributed by atoms with Crippen molar-refractivity contribution < 1.29 is 19.1 Å². The van der Waals surface area contributed by atoms with Gasteiger partial charge < -0.3 is 15.4 Å². The van der Waals surface area contributed by atoms with Gasteiger partial charge in [-0.2, -0.15) is 0 Å². The Bertz CT molecular complexity index is 809. The summed E-state index contributed by atoms with van der Waals surface area (Å²) in [5.41, 5.74) is 1.77. The average molecular weight is 447 g/mol. The Labute approximate surface area is 172 Å². The summed E-state index contributed by atoms with van der Waals surface area (Å²) in [7, 11) is 1.28. The first-order chi connectivity index (χ1) is 13.4. The summed E-state index contributed by atoms with van der Waals surface area (Å²) < 4.78 is 5.76. The second-order valence-electron chi connectivity index (χ2n) is 6.36. The zero-order valence-corrected chi connectivity index (χ0v) is 17.4. The van der Waals surface area contributed by atoms with E-state index in [9.17, 15) is 14.4 Å². The minimum Gasteiger partial charge on any atom is -0.467 e. The predicted octanol–water partition coefficient (Wildman–Crippen LogP) is 2.40. The van der Waals surface area contributed by atoms with Crippen LogP contribution in [0.3, 0.4) is 0 Å². The van der Waals surface area contributed by atoms with Crippen molar-refractivity contribution in [3.63, 3.8) is 0 Å². The molecule has 0 fully saturated rings. The Morgan fingerprint density at radius 3 is 2.04 bits per heavy atom. The molecule has 0 heterocycles. The molecule has 2 atom stereocenters. The van der Waals surface area contributed by atoms with Crippen LogP contribution in [0.1, 0.15) is 18.1 Å². The number of halogens is 1. The molecule has 0 saturated heterocycles.